The van der Waals surface area contributed by atoms with Gasteiger partial charge in [-0.25, -0.2) is 5.10 Å². The monoisotopic (exact) mass is 262 g/mol. The molecule has 1 aromatic carbocycles. The summed E-state index contributed by atoms with van der Waals surface area (Å²) in [6.07, 6.45) is 0. The van der Waals surface area contributed by atoms with Gasteiger partial charge in [-0.2, -0.15) is 0 Å². The molecule has 4 nitrogen and oxygen atoms in total. The number of hydrogen-bond donors (Lipinski definition) is 1. The Kier molecular flexibility index (Phi) is 3.52. The van der Waals surface area contributed by atoms with E-state index in [0.717, 1.165) is 18.2 Å². The number of benzene rings is 1. The molecule has 0 aliphatic heterocycles. The van der Waals surface area contributed by atoms with Crippen molar-refractivity contribution in [2.45, 2.75) is 27.3 Å². The molecule has 1 N–H and O–H groups in total. The van der Waals surface area contributed by atoms with Crippen LogP contribution in [0.5, 0.6) is 0 Å². The third-order valence-corrected chi connectivity index (χ3v) is 3.26. The molecule has 0 atom stereocenters. The van der Waals surface area contributed by atoms with E-state index in [2.05, 4.69) is 54.1 Å². The Bertz CT molecular complexity index is 591. The number of aryl methyl sites for hydroxylation is 2. The molecule has 0 radical (unpaired) electrons. The minimum Gasteiger partial charge on any atom is -0.314 e. The maximum Gasteiger partial charge on any atom is 0.229 e. The summed E-state index contributed by atoms with van der Waals surface area (Å²) < 4.78 is 2.64. The third kappa shape index (κ3) is 2.31. The van der Waals surface area contributed by atoms with Gasteiger partial charge in [0, 0.05) is 19.3 Å². The zero-order chi connectivity index (χ0) is 13.3. The van der Waals surface area contributed by atoms with Gasteiger partial charge in [-0.15, -0.1) is 5.10 Å². The minimum absolute atomic E-state index is 0.656. The standard InChI is InChI=1S/C13H18N4S/c1-5-17-12(14-15-13(17)18)16(4)11-7-9(2)6-10(3)8-11/h6-8H,5H2,1-4H3,(H,15,18). The molecule has 0 saturated heterocycles. The summed E-state index contributed by atoms with van der Waals surface area (Å²) in [6.45, 7) is 7.06. The van der Waals surface area contributed by atoms with Gasteiger partial charge < -0.3 is 4.90 Å². The Labute approximate surface area is 112 Å². The quantitative estimate of drug-likeness (QED) is 0.862. The Hall–Kier alpha value is -1.62. The van der Waals surface area contributed by atoms with Crippen molar-refractivity contribution < 1.29 is 0 Å². The van der Waals surface area contributed by atoms with Crippen LogP contribution in [0.3, 0.4) is 0 Å². The molecule has 0 unspecified atom stereocenters. The molecule has 0 spiro atoms. The summed E-state index contributed by atoms with van der Waals surface area (Å²) in [4.78, 5) is 2.05. The molecule has 0 bridgehead atoms. The molecular formula is C13H18N4S. The number of anilines is 2. The Balaban J connectivity index is 2.47. The van der Waals surface area contributed by atoms with Crippen molar-refractivity contribution in [2.24, 2.45) is 0 Å². The molecule has 0 aliphatic carbocycles. The average Bonchev–Trinajstić information content (AvgIpc) is 2.68. The van der Waals surface area contributed by atoms with Gasteiger partial charge in [0.25, 0.3) is 0 Å². The van der Waals surface area contributed by atoms with Crippen LogP contribution in [0.15, 0.2) is 18.2 Å². The van der Waals surface area contributed by atoms with Gasteiger partial charge in [0.05, 0.1) is 0 Å². The van der Waals surface area contributed by atoms with Crippen LogP contribution in [0.2, 0.25) is 0 Å². The van der Waals surface area contributed by atoms with Gasteiger partial charge in [0.15, 0.2) is 4.77 Å². The van der Waals surface area contributed by atoms with Crippen molar-refractivity contribution in [3.8, 4) is 0 Å². The topological polar surface area (TPSA) is 36.9 Å². The van der Waals surface area contributed by atoms with Gasteiger partial charge in [-0.1, -0.05) is 6.07 Å². The second kappa shape index (κ2) is 4.94. The first-order valence-electron chi connectivity index (χ1n) is 6.00. The van der Waals surface area contributed by atoms with E-state index in [-0.39, 0.29) is 0 Å². The fourth-order valence-electron chi connectivity index (χ4n) is 2.11. The summed E-state index contributed by atoms with van der Waals surface area (Å²) >= 11 is 5.21. The smallest absolute Gasteiger partial charge is 0.229 e. The van der Waals surface area contributed by atoms with Crippen LogP contribution in [-0.4, -0.2) is 21.8 Å². The lowest BCUT2D eigenvalue weighted by Gasteiger charge is -2.19. The lowest BCUT2D eigenvalue weighted by Crippen LogP contribution is -2.15. The zero-order valence-corrected chi connectivity index (χ0v) is 12.0. The highest BCUT2D eigenvalue weighted by Gasteiger charge is 2.12. The minimum atomic E-state index is 0.656. The molecule has 1 aromatic heterocycles. The number of H-pyrrole nitrogens is 1. The summed E-state index contributed by atoms with van der Waals surface area (Å²) in [5, 5.41) is 7.14. The summed E-state index contributed by atoms with van der Waals surface area (Å²) in [5.74, 6) is 0.840. The van der Waals surface area contributed by atoms with E-state index in [0.29, 0.717) is 4.77 Å². The van der Waals surface area contributed by atoms with Gasteiger partial charge >= 0.3 is 0 Å². The Morgan fingerprint density at radius 2 is 1.89 bits per heavy atom. The fraction of sp³-hybridized carbons (Fsp3) is 0.385. The molecule has 0 amide bonds. The van der Waals surface area contributed by atoms with Crippen LogP contribution >= 0.6 is 12.2 Å². The molecule has 2 rings (SSSR count). The van der Waals surface area contributed by atoms with Crippen molar-refractivity contribution in [1.29, 1.82) is 0 Å². The van der Waals surface area contributed by atoms with Gasteiger partial charge in [-0.3, -0.25) is 4.57 Å². The molecule has 0 fully saturated rings. The van der Waals surface area contributed by atoms with E-state index in [1.54, 1.807) is 0 Å². The largest absolute Gasteiger partial charge is 0.314 e. The first kappa shape index (κ1) is 12.8. The SMILES string of the molecule is CCn1c(N(C)c2cc(C)cc(C)c2)n[nH]c1=S. The first-order chi connectivity index (χ1) is 8.52. The van der Waals surface area contributed by atoms with Crippen LogP contribution in [0.1, 0.15) is 18.1 Å². The molecular weight excluding hydrogens is 244 g/mol. The Morgan fingerprint density at radius 1 is 1.28 bits per heavy atom. The second-order valence-corrected chi connectivity index (χ2v) is 4.86. The number of nitrogens with zero attached hydrogens (tertiary/aromatic N) is 3. The lowest BCUT2D eigenvalue weighted by molar-refractivity contribution is 0.742. The fourth-order valence-corrected chi connectivity index (χ4v) is 2.37. The lowest BCUT2D eigenvalue weighted by atomic mass is 10.1. The predicted molar refractivity (Wildman–Crippen MR) is 77.1 cm³/mol. The van der Waals surface area contributed by atoms with Crippen molar-refractivity contribution in [1.82, 2.24) is 14.8 Å². The van der Waals surface area contributed by atoms with Crippen LogP contribution in [0.25, 0.3) is 0 Å². The summed E-state index contributed by atoms with van der Waals surface area (Å²) in [7, 11) is 2.01. The maximum absolute atomic E-state index is 5.21. The van der Waals surface area contributed by atoms with Gasteiger partial charge in [0.2, 0.25) is 5.95 Å². The summed E-state index contributed by atoms with van der Waals surface area (Å²) in [5.41, 5.74) is 3.61. The van der Waals surface area contributed by atoms with Gasteiger partial charge in [-0.05, 0) is 56.2 Å². The average molecular weight is 262 g/mol. The molecule has 96 valence electrons. The molecule has 0 aliphatic rings. The predicted octanol–water partition coefficient (Wildman–Crippen LogP) is 3.35. The summed E-state index contributed by atoms with van der Waals surface area (Å²) in [6, 6.07) is 6.45. The Morgan fingerprint density at radius 3 is 2.44 bits per heavy atom. The van der Waals surface area contributed by atoms with Crippen molar-refractivity contribution >= 4 is 23.9 Å². The molecule has 2 aromatic rings. The number of aromatic nitrogens is 3. The molecule has 1 heterocycles. The van der Waals surface area contributed by atoms with E-state index >= 15 is 0 Å². The van der Waals surface area contributed by atoms with E-state index in [1.807, 2.05) is 11.6 Å². The molecule has 5 heteroatoms. The van der Waals surface area contributed by atoms with Crippen LogP contribution < -0.4 is 4.90 Å². The van der Waals surface area contributed by atoms with Gasteiger partial charge in [0.1, 0.15) is 0 Å². The number of hydrogen-bond acceptors (Lipinski definition) is 3. The highest BCUT2D eigenvalue weighted by Crippen LogP contribution is 2.24. The second-order valence-electron chi connectivity index (χ2n) is 4.48. The van der Waals surface area contributed by atoms with E-state index in [9.17, 15) is 0 Å². The van der Waals surface area contributed by atoms with Crippen LogP contribution in [-0.2, 0) is 6.54 Å². The van der Waals surface area contributed by atoms with E-state index in [4.69, 9.17) is 12.2 Å². The highest BCUT2D eigenvalue weighted by molar-refractivity contribution is 7.71. The van der Waals surface area contributed by atoms with Crippen LogP contribution in [0, 0.1) is 18.6 Å². The molecule has 0 saturated carbocycles. The number of aromatic amines is 1. The van der Waals surface area contributed by atoms with Crippen molar-refractivity contribution in [3.05, 3.63) is 34.1 Å². The first-order valence-corrected chi connectivity index (χ1v) is 6.41. The maximum atomic E-state index is 5.21. The van der Waals surface area contributed by atoms with E-state index < -0.39 is 0 Å². The van der Waals surface area contributed by atoms with Crippen molar-refractivity contribution in [3.63, 3.8) is 0 Å². The van der Waals surface area contributed by atoms with E-state index in [1.165, 1.54) is 11.1 Å². The number of nitrogens with one attached hydrogen (secondary N) is 1. The van der Waals surface area contributed by atoms with Crippen molar-refractivity contribution in [2.75, 3.05) is 11.9 Å². The third-order valence-electron chi connectivity index (χ3n) is 2.95. The van der Waals surface area contributed by atoms with Crippen LogP contribution in [0.4, 0.5) is 11.6 Å². The zero-order valence-electron chi connectivity index (χ0n) is 11.2. The number of rotatable bonds is 3. The highest BCUT2D eigenvalue weighted by atomic mass is 32.1. The molecule has 18 heavy (non-hydrogen) atoms. The normalized spacial score (nSPS) is 10.7.